The topological polar surface area (TPSA) is 41.3 Å². The summed E-state index contributed by atoms with van der Waals surface area (Å²) in [5.74, 6) is 1.38. The molecule has 0 unspecified atom stereocenters. The molecule has 0 aliphatic heterocycles. The van der Waals surface area contributed by atoms with Gasteiger partial charge in [-0.05, 0) is 50.6 Å². The highest BCUT2D eigenvalue weighted by atomic mass is 16.3. The van der Waals surface area contributed by atoms with Crippen LogP contribution in [-0.4, -0.2) is 31.6 Å². The van der Waals surface area contributed by atoms with Crippen LogP contribution >= 0.6 is 0 Å². The number of phenols is 1. The number of aromatic nitrogens is 2. The molecule has 1 aromatic heterocycles. The number of hydrogen-bond donors (Lipinski definition) is 1. The minimum Gasteiger partial charge on any atom is -0.508 e. The Kier molecular flexibility index (Phi) is 3.49. The zero-order chi connectivity index (χ0) is 15.0. The Labute approximate surface area is 126 Å². The molecule has 2 aromatic rings. The first-order chi connectivity index (χ1) is 10.0. The van der Waals surface area contributed by atoms with E-state index in [1.807, 2.05) is 18.3 Å². The molecule has 21 heavy (non-hydrogen) atoms. The Bertz CT molecular complexity index is 626. The molecule has 1 fully saturated rings. The Morgan fingerprint density at radius 1 is 1.29 bits per heavy atom. The molecule has 1 N–H and O–H groups in total. The van der Waals surface area contributed by atoms with Gasteiger partial charge in [-0.1, -0.05) is 6.92 Å². The molecule has 1 aliphatic carbocycles. The van der Waals surface area contributed by atoms with Gasteiger partial charge in [0.1, 0.15) is 11.6 Å². The van der Waals surface area contributed by atoms with Crippen molar-refractivity contribution in [1.29, 1.82) is 0 Å². The minimum absolute atomic E-state index is 0.292. The number of imidazole rings is 1. The molecular weight excluding hydrogens is 262 g/mol. The monoisotopic (exact) mass is 285 g/mol. The van der Waals surface area contributed by atoms with Crippen LogP contribution in [0.3, 0.4) is 0 Å². The van der Waals surface area contributed by atoms with Crippen LogP contribution in [-0.2, 0) is 13.6 Å². The van der Waals surface area contributed by atoms with E-state index in [2.05, 4.69) is 35.3 Å². The molecule has 0 spiro atoms. The molecule has 4 nitrogen and oxygen atoms in total. The first kappa shape index (κ1) is 14.1. The summed E-state index contributed by atoms with van der Waals surface area (Å²) in [6.07, 6.45) is 4.50. The maximum absolute atomic E-state index is 9.40. The minimum atomic E-state index is 0.292. The fraction of sp³-hybridized carbons (Fsp3) is 0.471. The van der Waals surface area contributed by atoms with E-state index in [4.69, 9.17) is 0 Å². The van der Waals surface area contributed by atoms with Crippen molar-refractivity contribution in [2.24, 2.45) is 7.05 Å². The van der Waals surface area contributed by atoms with Crippen molar-refractivity contribution in [3.8, 4) is 17.0 Å². The van der Waals surface area contributed by atoms with Gasteiger partial charge in [0.05, 0.1) is 18.4 Å². The first-order valence-corrected chi connectivity index (χ1v) is 7.58. The summed E-state index contributed by atoms with van der Waals surface area (Å²) in [4.78, 5) is 7.11. The standard InChI is InChI=1S/C17H23N3O/c1-4-20(17(2)9-10-17)12-16-18-11-15(19(16)3)13-5-7-14(21)8-6-13/h5-8,11,21H,4,9-10,12H2,1-3H3. The van der Waals surface area contributed by atoms with E-state index >= 15 is 0 Å². The van der Waals surface area contributed by atoms with Crippen LogP contribution < -0.4 is 0 Å². The second kappa shape index (κ2) is 5.19. The highest BCUT2D eigenvalue weighted by Crippen LogP contribution is 2.41. The van der Waals surface area contributed by atoms with Crippen LogP contribution in [0.4, 0.5) is 0 Å². The second-order valence-electron chi connectivity index (χ2n) is 6.18. The Morgan fingerprint density at radius 3 is 2.52 bits per heavy atom. The molecule has 0 radical (unpaired) electrons. The molecule has 0 saturated heterocycles. The van der Waals surface area contributed by atoms with Gasteiger partial charge < -0.3 is 9.67 Å². The Balaban J connectivity index is 1.83. The fourth-order valence-corrected chi connectivity index (χ4v) is 2.85. The van der Waals surface area contributed by atoms with Gasteiger partial charge in [0, 0.05) is 18.2 Å². The predicted molar refractivity (Wildman–Crippen MR) is 84.0 cm³/mol. The van der Waals surface area contributed by atoms with Crippen LogP contribution in [0.25, 0.3) is 11.3 Å². The van der Waals surface area contributed by atoms with Crippen LogP contribution in [0, 0.1) is 0 Å². The van der Waals surface area contributed by atoms with Crippen molar-refractivity contribution in [1.82, 2.24) is 14.5 Å². The normalized spacial score (nSPS) is 16.4. The molecule has 0 bridgehead atoms. The lowest BCUT2D eigenvalue weighted by atomic mass is 10.1. The molecule has 112 valence electrons. The van der Waals surface area contributed by atoms with Crippen LogP contribution in [0.2, 0.25) is 0 Å². The highest BCUT2D eigenvalue weighted by Gasteiger charge is 2.42. The van der Waals surface area contributed by atoms with E-state index in [0.29, 0.717) is 11.3 Å². The summed E-state index contributed by atoms with van der Waals surface area (Å²) in [6, 6.07) is 7.28. The number of benzene rings is 1. The van der Waals surface area contributed by atoms with E-state index in [9.17, 15) is 5.11 Å². The van der Waals surface area contributed by atoms with Crippen LogP contribution in [0.1, 0.15) is 32.5 Å². The van der Waals surface area contributed by atoms with Gasteiger partial charge >= 0.3 is 0 Å². The first-order valence-electron chi connectivity index (χ1n) is 7.58. The smallest absolute Gasteiger partial charge is 0.123 e. The van der Waals surface area contributed by atoms with Crippen LogP contribution in [0.5, 0.6) is 5.75 Å². The third-order valence-electron chi connectivity index (χ3n) is 4.70. The summed E-state index contributed by atoms with van der Waals surface area (Å²) in [7, 11) is 2.06. The molecule has 1 aliphatic rings. The van der Waals surface area contributed by atoms with Crippen molar-refractivity contribution in [2.45, 2.75) is 38.8 Å². The van der Waals surface area contributed by atoms with Gasteiger partial charge in [0.25, 0.3) is 0 Å². The summed E-state index contributed by atoms with van der Waals surface area (Å²) in [5, 5.41) is 9.40. The Hall–Kier alpha value is -1.81. The lowest BCUT2D eigenvalue weighted by Crippen LogP contribution is -2.35. The third-order valence-corrected chi connectivity index (χ3v) is 4.70. The molecule has 1 heterocycles. The molecule has 1 saturated carbocycles. The quantitative estimate of drug-likeness (QED) is 0.917. The van der Waals surface area contributed by atoms with Gasteiger partial charge in [-0.15, -0.1) is 0 Å². The lowest BCUT2D eigenvalue weighted by Gasteiger charge is -2.27. The van der Waals surface area contributed by atoms with E-state index in [-0.39, 0.29) is 0 Å². The zero-order valence-corrected chi connectivity index (χ0v) is 13.0. The molecule has 0 amide bonds. The fourth-order valence-electron chi connectivity index (χ4n) is 2.85. The summed E-state index contributed by atoms with van der Waals surface area (Å²) >= 11 is 0. The van der Waals surface area contributed by atoms with Gasteiger partial charge in [-0.2, -0.15) is 0 Å². The van der Waals surface area contributed by atoms with E-state index < -0.39 is 0 Å². The van der Waals surface area contributed by atoms with Crippen molar-refractivity contribution in [3.05, 3.63) is 36.3 Å². The second-order valence-corrected chi connectivity index (χ2v) is 6.18. The van der Waals surface area contributed by atoms with E-state index in [1.165, 1.54) is 12.8 Å². The van der Waals surface area contributed by atoms with Gasteiger partial charge in [0.2, 0.25) is 0 Å². The molecule has 0 atom stereocenters. The van der Waals surface area contributed by atoms with Gasteiger partial charge in [-0.25, -0.2) is 4.98 Å². The van der Waals surface area contributed by atoms with Gasteiger partial charge in [0.15, 0.2) is 0 Å². The lowest BCUT2D eigenvalue weighted by molar-refractivity contribution is 0.186. The van der Waals surface area contributed by atoms with Crippen LogP contribution in [0.15, 0.2) is 30.5 Å². The maximum atomic E-state index is 9.40. The molecule has 4 heteroatoms. The highest BCUT2D eigenvalue weighted by molar-refractivity contribution is 5.60. The van der Waals surface area contributed by atoms with Gasteiger partial charge in [-0.3, -0.25) is 4.90 Å². The molecule has 3 rings (SSSR count). The Morgan fingerprint density at radius 2 is 1.95 bits per heavy atom. The number of phenolic OH excluding ortho intramolecular Hbond substituents is 1. The maximum Gasteiger partial charge on any atom is 0.123 e. The number of hydrogen-bond acceptors (Lipinski definition) is 3. The van der Waals surface area contributed by atoms with Crippen molar-refractivity contribution in [3.63, 3.8) is 0 Å². The average molecular weight is 285 g/mol. The molecular formula is C17H23N3O. The van der Waals surface area contributed by atoms with Crippen molar-refractivity contribution >= 4 is 0 Å². The van der Waals surface area contributed by atoms with E-state index in [1.54, 1.807) is 12.1 Å². The number of nitrogens with zero attached hydrogens (tertiary/aromatic N) is 3. The third kappa shape index (κ3) is 2.68. The largest absolute Gasteiger partial charge is 0.508 e. The number of aromatic hydroxyl groups is 1. The summed E-state index contributed by atoms with van der Waals surface area (Å²) in [5.41, 5.74) is 2.54. The number of rotatable bonds is 5. The van der Waals surface area contributed by atoms with E-state index in [0.717, 1.165) is 30.2 Å². The zero-order valence-electron chi connectivity index (χ0n) is 13.0. The SMILES string of the molecule is CCN(Cc1ncc(-c2ccc(O)cc2)n1C)C1(C)CC1. The predicted octanol–water partition coefficient (Wildman–Crippen LogP) is 3.17. The average Bonchev–Trinajstić information content (AvgIpc) is 3.12. The summed E-state index contributed by atoms with van der Waals surface area (Å²) in [6.45, 7) is 6.49. The van der Waals surface area contributed by atoms with Crippen molar-refractivity contribution in [2.75, 3.05) is 6.54 Å². The van der Waals surface area contributed by atoms with Crippen molar-refractivity contribution < 1.29 is 5.11 Å². The molecule has 1 aromatic carbocycles. The summed E-state index contributed by atoms with van der Waals surface area (Å²) < 4.78 is 2.15.